The summed E-state index contributed by atoms with van der Waals surface area (Å²) in [6.07, 6.45) is 12.5. The van der Waals surface area contributed by atoms with Gasteiger partial charge in [-0.3, -0.25) is 0 Å². The first-order chi connectivity index (χ1) is 13.6. The number of hydrogen-bond donors (Lipinski definition) is 2. The van der Waals surface area contributed by atoms with E-state index in [4.69, 9.17) is 9.47 Å². The van der Waals surface area contributed by atoms with Gasteiger partial charge in [-0.1, -0.05) is 71.9 Å². The van der Waals surface area contributed by atoms with Gasteiger partial charge < -0.3 is 19.7 Å². The maximum atomic E-state index is 9.71. The van der Waals surface area contributed by atoms with Crippen LogP contribution in [0.2, 0.25) is 0 Å². The molecule has 0 aromatic rings. The monoisotopic (exact) mass is 410 g/mol. The number of aliphatic hydroxyl groups is 2. The molecule has 0 amide bonds. The largest absolute Gasteiger partial charge is 0.393 e. The van der Waals surface area contributed by atoms with Gasteiger partial charge in [-0.15, -0.1) is 6.58 Å². The Morgan fingerprint density at radius 2 is 1.24 bits per heavy atom. The highest BCUT2D eigenvalue weighted by Crippen LogP contribution is 2.18. The van der Waals surface area contributed by atoms with E-state index in [0.717, 1.165) is 26.1 Å². The average Bonchev–Trinajstić information content (AvgIpc) is 3.59. The molecule has 2 aliphatic rings. The fourth-order valence-corrected chi connectivity index (χ4v) is 2.75. The lowest BCUT2D eigenvalue weighted by Gasteiger charge is -2.20. The summed E-state index contributed by atoms with van der Waals surface area (Å²) in [5, 5.41) is 19.3. The molecule has 2 N–H and O–H groups in total. The van der Waals surface area contributed by atoms with Crippen molar-refractivity contribution in [2.45, 2.75) is 85.7 Å². The fraction of sp³-hybridized carbons (Fsp3) is 0.760. The summed E-state index contributed by atoms with van der Waals surface area (Å²) in [4.78, 5) is 0. The molecule has 170 valence electrons. The SMILES string of the molecule is C/C=C/C[C@@H](C)[C@@H](O)C(C)C.C=CC1CO1.CC(C)[C@H](O)[C@H](C)C/C=C/C1CO1. The van der Waals surface area contributed by atoms with Crippen LogP contribution in [-0.4, -0.2) is 47.8 Å². The van der Waals surface area contributed by atoms with Crippen LogP contribution in [0.1, 0.15) is 61.3 Å². The molecular weight excluding hydrogens is 364 g/mol. The summed E-state index contributed by atoms with van der Waals surface area (Å²) in [7, 11) is 0. The molecule has 2 heterocycles. The van der Waals surface area contributed by atoms with Crippen molar-refractivity contribution in [1.29, 1.82) is 0 Å². The second kappa shape index (κ2) is 15.8. The summed E-state index contributed by atoms with van der Waals surface area (Å²) in [5.41, 5.74) is 0. The van der Waals surface area contributed by atoms with Gasteiger partial charge >= 0.3 is 0 Å². The fourth-order valence-electron chi connectivity index (χ4n) is 2.75. The van der Waals surface area contributed by atoms with Crippen LogP contribution in [0.15, 0.2) is 37.0 Å². The molecule has 4 heteroatoms. The minimum absolute atomic E-state index is 0.161. The smallest absolute Gasteiger partial charge is 0.0991 e. The predicted octanol–water partition coefficient (Wildman–Crippen LogP) is 5.16. The number of epoxide rings is 2. The van der Waals surface area contributed by atoms with Gasteiger partial charge in [0.25, 0.3) is 0 Å². The normalized spacial score (nSPS) is 24.4. The number of aliphatic hydroxyl groups excluding tert-OH is 2. The Hall–Kier alpha value is -0.940. The molecule has 0 aromatic heterocycles. The van der Waals surface area contributed by atoms with Crippen LogP contribution >= 0.6 is 0 Å². The van der Waals surface area contributed by atoms with Gasteiger partial charge in [-0.2, -0.15) is 0 Å². The first kappa shape index (κ1) is 28.1. The highest BCUT2D eigenvalue weighted by Gasteiger charge is 2.20. The summed E-state index contributed by atoms with van der Waals surface area (Å²) in [5.74, 6) is 1.44. The molecule has 0 spiro atoms. The van der Waals surface area contributed by atoms with Crippen LogP contribution < -0.4 is 0 Å². The third-order valence-corrected chi connectivity index (χ3v) is 5.12. The summed E-state index contributed by atoms with van der Waals surface area (Å²) >= 11 is 0. The predicted molar refractivity (Wildman–Crippen MR) is 123 cm³/mol. The van der Waals surface area contributed by atoms with Gasteiger partial charge in [0.2, 0.25) is 0 Å². The van der Waals surface area contributed by atoms with Crippen LogP contribution in [0.25, 0.3) is 0 Å². The number of allylic oxidation sites excluding steroid dienone is 3. The van der Waals surface area contributed by atoms with Crippen LogP contribution in [0.3, 0.4) is 0 Å². The second-order valence-electron chi connectivity index (χ2n) is 8.87. The third kappa shape index (κ3) is 15.5. The Morgan fingerprint density at radius 1 is 0.828 bits per heavy atom. The van der Waals surface area contributed by atoms with E-state index < -0.39 is 0 Å². The minimum Gasteiger partial charge on any atom is -0.393 e. The standard InChI is InChI=1S/C11H20O2.C10H20O.C4H6O/c1-8(2)11(12)9(3)5-4-6-10-7-13-10;1-5-6-7-9(4)10(11)8(2)3;1-2-4-3-5-4/h4,6,8-12H,5,7H2,1-3H3;5-6,8-11H,7H2,1-4H3;2,4H,1,3H2/b6-4+;6-5+;/t9-,10?,11+;9-,10+;/m11./s1. The Kier molecular flexibility index (Phi) is 15.3. The average molecular weight is 411 g/mol. The minimum atomic E-state index is -0.190. The zero-order valence-corrected chi connectivity index (χ0v) is 19.8. The summed E-state index contributed by atoms with van der Waals surface area (Å²) in [6, 6.07) is 0. The number of rotatable bonds is 10. The molecule has 0 aromatic carbocycles. The van der Waals surface area contributed by atoms with Gasteiger partial charge in [0.05, 0.1) is 37.6 Å². The molecule has 2 aliphatic heterocycles. The van der Waals surface area contributed by atoms with E-state index in [2.05, 4.69) is 66.3 Å². The molecule has 4 nitrogen and oxygen atoms in total. The molecule has 29 heavy (non-hydrogen) atoms. The molecule has 0 radical (unpaired) electrons. The Morgan fingerprint density at radius 3 is 1.52 bits per heavy atom. The molecule has 6 atom stereocenters. The van der Waals surface area contributed by atoms with E-state index in [0.29, 0.717) is 35.9 Å². The van der Waals surface area contributed by atoms with Crippen molar-refractivity contribution in [1.82, 2.24) is 0 Å². The van der Waals surface area contributed by atoms with Gasteiger partial charge in [-0.05, 0) is 43.4 Å². The first-order valence-electron chi connectivity index (χ1n) is 11.1. The van der Waals surface area contributed by atoms with Crippen LogP contribution in [0.5, 0.6) is 0 Å². The molecule has 2 fully saturated rings. The molecule has 0 aliphatic carbocycles. The van der Waals surface area contributed by atoms with Crippen LogP contribution in [0, 0.1) is 23.7 Å². The van der Waals surface area contributed by atoms with Gasteiger partial charge in [0.15, 0.2) is 0 Å². The molecular formula is C25H46O4. The van der Waals surface area contributed by atoms with Crippen molar-refractivity contribution in [3.8, 4) is 0 Å². The van der Waals surface area contributed by atoms with Crippen molar-refractivity contribution in [2.75, 3.05) is 13.2 Å². The van der Waals surface area contributed by atoms with E-state index in [1.54, 1.807) is 6.08 Å². The maximum Gasteiger partial charge on any atom is 0.0991 e. The van der Waals surface area contributed by atoms with Crippen molar-refractivity contribution in [2.24, 2.45) is 23.7 Å². The topological polar surface area (TPSA) is 65.5 Å². The zero-order valence-electron chi connectivity index (χ0n) is 19.8. The van der Waals surface area contributed by atoms with E-state index >= 15 is 0 Å². The van der Waals surface area contributed by atoms with Gasteiger partial charge in [-0.25, -0.2) is 0 Å². The van der Waals surface area contributed by atoms with E-state index in [1.807, 2.05) is 13.0 Å². The van der Waals surface area contributed by atoms with Crippen molar-refractivity contribution >= 4 is 0 Å². The van der Waals surface area contributed by atoms with E-state index in [-0.39, 0.29) is 12.2 Å². The maximum absolute atomic E-state index is 9.71. The lowest BCUT2D eigenvalue weighted by atomic mass is 9.92. The quantitative estimate of drug-likeness (QED) is 0.385. The molecule has 0 saturated carbocycles. The second-order valence-corrected chi connectivity index (χ2v) is 8.87. The Bertz CT molecular complexity index is 461. The molecule has 2 unspecified atom stereocenters. The van der Waals surface area contributed by atoms with Crippen molar-refractivity contribution in [3.05, 3.63) is 37.0 Å². The van der Waals surface area contributed by atoms with Crippen molar-refractivity contribution < 1.29 is 19.7 Å². The van der Waals surface area contributed by atoms with Crippen LogP contribution in [-0.2, 0) is 9.47 Å². The summed E-state index contributed by atoms with van der Waals surface area (Å²) < 4.78 is 9.79. The Labute approximate surface area is 179 Å². The lowest BCUT2D eigenvalue weighted by molar-refractivity contribution is 0.0734. The number of ether oxygens (including phenoxy) is 2. The lowest BCUT2D eigenvalue weighted by Crippen LogP contribution is -2.23. The highest BCUT2D eigenvalue weighted by atomic mass is 16.6. The molecule has 0 bridgehead atoms. The molecule has 2 saturated heterocycles. The third-order valence-electron chi connectivity index (χ3n) is 5.12. The number of hydrogen-bond acceptors (Lipinski definition) is 4. The summed E-state index contributed by atoms with van der Waals surface area (Å²) in [6.45, 7) is 19.7. The van der Waals surface area contributed by atoms with Crippen molar-refractivity contribution in [3.63, 3.8) is 0 Å². The highest BCUT2D eigenvalue weighted by molar-refractivity contribution is 4.96. The zero-order chi connectivity index (χ0) is 22.4. The van der Waals surface area contributed by atoms with E-state index in [1.165, 1.54) is 0 Å². The Balaban J connectivity index is 0.000000441. The van der Waals surface area contributed by atoms with Gasteiger partial charge in [0.1, 0.15) is 0 Å². The first-order valence-corrected chi connectivity index (χ1v) is 11.1. The van der Waals surface area contributed by atoms with Gasteiger partial charge in [0, 0.05) is 0 Å². The molecule has 2 rings (SSSR count). The van der Waals surface area contributed by atoms with E-state index in [9.17, 15) is 10.2 Å². The van der Waals surface area contributed by atoms with Crippen LogP contribution in [0.4, 0.5) is 0 Å².